The standard InChI is InChI=1S/C12H22N2O2S/c1-5-15-11(16-6-2)8-13-10(4)12-14-7-9(3)17-12/h7,10-11,13H,5-6,8H2,1-4H3. The van der Waals surface area contributed by atoms with E-state index in [4.69, 9.17) is 9.47 Å². The first-order valence-electron chi connectivity index (χ1n) is 6.06. The van der Waals surface area contributed by atoms with Gasteiger partial charge in [0.05, 0.1) is 6.04 Å². The summed E-state index contributed by atoms with van der Waals surface area (Å²) in [5.41, 5.74) is 0. The minimum atomic E-state index is -0.173. The molecule has 0 amide bonds. The molecular formula is C12H22N2O2S. The van der Waals surface area contributed by atoms with E-state index in [-0.39, 0.29) is 12.3 Å². The minimum absolute atomic E-state index is 0.173. The molecule has 1 rings (SSSR count). The van der Waals surface area contributed by atoms with Crippen LogP contribution in [0.2, 0.25) is 0 Å². The second-order valence-corrected chi connectivity index (χ2v) is 5.05. The smallest absolute Gasteiger partial charge is 0.169 e. The fraction of sp³-hybridized carbons (Fsp3) is 0.750. The van der Waals surface area contributed by atoms with Crippen LogP contribution >= 0.6 is 11.3 Å². The third-order valence-electron chi connectivity index (χ3n) is 2.31. The quantitative estimate of drug-likeness (QED) is 0.728. The molecule has 1 aromatic rings. The fourth-order valence-electron chi connectivity index (χ4n) is 1.47. The van der Waals surface area contributed by atoms with E-state index in [1.807, 2.05) is 20.0 Å². The van der Waals surface area contributed by atoms with Crippen molar-refractivity contribution in [2.45, 2.75) is 40.0 Å². The first-order valence-corrected chi connectivity index (χ1v) is 6.87. The molecular weight excluding hydrogens is 236 g/mol. The van der Waals surface area contributed by atoms with Crippen LogP contribution in [-0.4, -0.2) is 31.0 Å². The van der Waals surface area contributed by atoms with E-state index >= 15 is 0 Å². The van der Waals surface area contributed by atoms with E-state index in [1.54, 1.807) is 11.3 Å². The summed E-state index contributed by atoms with van der Waals surface area (Å²) in [4.78, 5) is 5.60. The van der Waals surface area contributed by atoms with Crippen molar-refractivity contribution >= 4 is 11.3 Å². The van der Waals surface area contributed by atoms with Gasteiger partial charge in [0.1, 0.15) is 5.01 Å². The van der Waals surface area contributed by atoms with Crippen molar-refractivity contribution in [2.24, 2.45) is 0 Å². The number of ether oxygens (including phenoxy) is 2. The number of rotatable bonds is 8. The van der Waals surface area contributed by atoms with E-state index in [0.717, 1.165) is 5.01 Å². The molecule has 98 valence electrons. The lowest BCUT2D eigenvalue weighted by atomic mass is 10.3. The van der Waals surface area contributed by atoms with Crippen molar-refractivity contribution in [3.05, 3.63) is 16.1 Å². The van der Waals surface area contributed by atoms with Crippen molar-refractivity contribution in [3.8, 4) is 0 Å². The van der Waals surface area contributed by atoms with Crippen molar-refractivity contribution in [3.63, 3.8) is 0 Å². The summed E-state index contributed by atoms with van der Waals surface area (Å²) in [6.07, 6.45) is 1.73. The zero-order valence-corrected chi connectivity index (χ0v) is 11.8. The third kappa shape index (κ3) is 5.12. The van der Waals surface area contributed by atoms with Crippen LogP contribution in [0.1, 0.15) is 36.7 Å². The molecule has 0 saturated carbocycles. The van der Waals surface area contributed by atoms with Gasteiger partial charge in [0, 0.05) is 30.8 Å². The second kappa shape index (κ2) is 7.76. The van der Waals surface area contributed by atoms with Crippen LogP contribution in [0.5, 0.6) is 0 Å². The van der Waals surface area contributed by atoms with Crippen molar-refractivity contribution in [1.82, 2.24) is 10.3 Å². The Morgan fingerprint density at radius 2 is 2.00 bits per heavy atom. The van der Waals surface area contributed by atoms with Gasteiger partial charge < -0.3 is 14.8 Å². The average Bonchev–Trinajstić information content (AvgIpc) is 2.73. The zero-order valence-electron chi connectivity index (χ0n) is 11.0. The average molecular weight is 258 g/mol. The fourth-order valence-corrected chi connectivity index (χ4v) is 2.27. The molecule has 0 aromatic carbocycles. The molecule has 0 aliphatic carbocycles. The molecule has 1 aromatic heterocycles. The van der Waals surface area contributed by atoms with Gasteiger partial charge in [0.2, 0.25) is 0 Å². The van der Waals surface area contributed by atoms with Crippen LogP contribution < -0.4 is 5.32 Å². The van der Waals surface area contributed by atoms with Crippen molar-refractivity contribution in [2.75, 3.05) is 19.8 Å². The van der Waals surface area contributed by atoms with Crippen LogP contribution in [0.3, 0.4) is 0 Å². The van der Waals surface area contributed by atoms with E-state index < -0.39 is 0 Å². The van der Waals surface area contributed by atoms with Crippen molar-refractivity contribution in [1.29, 1.82) is 0 Å². The SMILES string of the molecule is CCOC(CNC(C)c1ncc(C)s1)OCC. The molecule has 0 radical (unpaired) electrons. The Kier molecular flexibility index (Phi) is 6.65. The summed E-state index contributed by atoms with van der Waals surface area (Å²) in [6.45, 7) is 10.1. The summed E-state index contributed by atoms with van der Waals surface area (Å²) in [5, 5.41) is 4.49. The summed E-state index contributed by atoms with van der Waals surface area (Å²) in [6, 6.07) is 0.233. The van der Waals surface area contributed by atoms with Crippen LogP contribution in [0.15, 0.2) is 6.20 Å². The first-order chi connectivity index (χ1) is 8.17. The van der Waals surface area contributed by atoms with Crippen LogP contribution in [-0.2, 0) is 9.47 Å². The lowest BCUT2D eigenvalue weighted by Crippen LogP contribution is -2.33. The molecule has 0 aliphatic heterocycles. The molecule has 1 N–H and O–H groups in total. The number of aryl methyl sites for hydroxylation is 1. The zero-order chi connectivity index (χ0) is 12.7. The number of hydrogen-bond donors (Lipinski definition) is 1. The largest absolute Gasteiger partial charge is 0.352 e. The predicted octanol–water partition coefficient (Wildman–Crippen LogP) is 2.50. The Hall–Kier alpha value is -0.490. The molecule has 17 heavy (non-hydrogen) atoms. The van der Waals surface area contributed by atoms with Gasteiger partial charge in [-0.2, -0.15) is 0 Å². The topological polar surface area (TPSA) is 43.4 Å². The Morgan fingerprint density at radius 3 is 2.47 bits per heavy atom. The molecule has 0 aliphatic rings. The van der Waals surface area contributed by atoms with E-state index in [2.05, 4.69) is 24.1 Å². The van der Waals surface area contributed by atoms with Gasteiger partial charge in [-0.25, -0.2) is 4.98 Å². The van der Waals surface area contributed by atoms with Gasteiger partial charge in [0.15, 0.2) is 6.29 Å². The Morgan fingerprint density at radius 1 is 1.35 bits per heavy atom. The molecule has 1 unspecified atom stereocenters. The maximum atomic E-state index is 5.47. The third-order valence-corrected chi connectivity index (χ3v) is 3.40. The highest BCUT2D eigenvalue weighted by atomic mass is 32.1. The van der Waals surface area contributed by atoms with E-state index in [9.17, 15) is 0 Å². The number of hydrogen-bond acceptors (Lipinski definition) is 5. The molecule has 0 bridgehead atoms. The van der Waals surface area contributed by atoms with Crippen molar-refractivity contribution < 1.29 is 9.47 Å². The first kappa shape index (κ1) is 14.6. The number of nitrogens with one attached hydrogen (secondary N) is 1. The molecule has 0 saturated heterocycles. The maximum Gasteiger partial charge on any atom is 0.169 e. The highest BCUT2D eigenvalue weighted by Gasteiger charge is 2.13. The summed E-state index contributed by atoms with van der Waals surface area (Å²) in [5.74, 6) is 0. The van der Waals surface area contributed by atoms with Gasteiger partial charge >= 0.3 is 0 Å². The Bertz CT molecular complexity index is 311. The van der Waals surface area contributed by atoms with Gasteiger partial charge in [-0.15, -0.1) is 11.3 Å². The van der Waals surface area contributed by atoms with Crippen LogP contribution in [0, 0.1) is 6.92 Å². The lowest BCUT2D eigenvalue weighted by Gasteiger charge is -2.19. The molecule has 1 atom stereocenters. The van der Waals surface area contributed by atoms with E-state index in [1.165, 1.54) is 4.88 Å². The number of nitrogens with zero attached hydrogens (tertiary/aromatic N) is 1. The van der Waals surface area contributed by atoms with Gasteiger partial charge in [-0.3, -0.25) is 0 Å². The normalized spacial score (nSPS) is 13.2. The molecule has 1 heterocycles. The Labute approximate surface area is 107 Å². The monoisotopic (exact) mass is 258 g/mol. The number of thiazole rings is 1. The minimum Gasteiger partial charge on any atom is -0.352 e. The van der Waals surface area contributed by atoms with Gasteiger partial charge in [-0.1, -0.05) is 0 Å². The summed E-state index contributed by atoms with van der Waals surface area (Å²) >= 11 is 1.72. The predicted molar refractivity (Wildman–Crippen MR) is 70.3 cm³/mol. The van der Waals surface area contributed by atoms with Crippen LogP contribution in [0.25, 0.3) is 0 Å². The van der Waals surface area contributed by atoms with Gasteiger partial charge in [0.25, 0.3) is 0 Å². The molecule has 5 heteroatoms. The number of aromatic nitrogens is 1. The highest BCUT2D eigenvalue weighted by Crippen LogP contribution is 2.18. The second-order valence-electron chi connectivity index (χ2n) is 3.78. The molecule has 4 nitrogen and oxygen atoms in total. The molecule has 0 spiro atoms. The summed E-state index contributed by atoms with van der Waals surface area (Å²) < 4.78 is 10.9. The Balaban J connectivity index is 2.37. The van der Waals surface area contributed by atoms with Gasteiger partial charge in [-0.05, 0) is 27.7 Å². The highest BCUT2D eigenvalue weighted by molar-refractivity contribution is 7.11. The lowest BCUT2D eigenvalue weighted by molar-refractivity contribution is -0.133. The molecule has 0 fully saturated rings. The van der Waals surface area contributed by atoms with Crippen LogP contribution in [0.4, 0.5) is 0 Å². The summed E-state index contributed by atoms with van der Waals surface area (Å²) in [7, 11) is 0. The maximum absolute atomic E-state index is 5.47. The van der Waals surface area contributed by atoms with E-state index in [0.29, 0.717) is 19.8 Å².